The third kappa shape index (κ3) is 1.56. The first-order valence-electron chi connectivity index (χ1n) is 7.95. The molecule has 1 aliphatic heterocycles. The maximum absolute atomic E-state index is 4.56. The van der Waals surface area contributed by atoms with Crippen LogP contribution in [0.1, 0.15) is 32.3 Å². The van der Waals surface area contributed by atoms with E-state index in [1.165, 1.54) is 31.8 Å². The molecule has 1 nitrogen and oxygen atoms in total. The van der Waals surface area contributed by atoms with E-state index < -0.39 is 0 Å². The van der Waals surface area contributed by atoms with Gasteiger partial charge in [-0.15, -0.1) is 11.3 Å². The van der Waals surface area contributed by atoms with Crippen LogP contribution < -0.4 is 4.57 Å². The molecule has 0 saturated heterocycles. The Bertz CT molecular complexity index is 884. The molecule has 0 atom stereocenters. The third-order valence-electron chi connectivity index (χ3n) is 5.18. The minimum absolute atomic E-state index is 0.00651. The predicted molar refractivity (Wildman–Crippen MR) is 95.0 cm³/mol. The highest BCUT2D eigenvalue weighted by atomic mass is 32.1. The number of fused-ring (bicyclic) bond motifs is 5. The second-order valence-corrected chi connectivity index (χ2v) is 7.03. The second-order valence-electron chi connectivity index (χ2n) is 5.98. The number of hydrogen-bond donors (Lipinski definition) is 0. The van der Waals surface area contributed by atoms with E-state index in [1.54, 1.807) is 0 Å². The van der Waals surface area contributed by atoms with Crippen molar-refractivity contribution in [3.63, 3.8) is 0 Å². The SMILES string of the molecule is C=C1c2c(sc3ccccc23)-c2cccc[n+]2C1(CC)CC. The first-order chi connectivity index (χ1) is 10.7. The zero-order chi connectivity index (χ0) is 15.3. The Labute approximate surface area is 135 Å². The van der Waals surface area contributed by atoms with Crippen LogP contribution in [0.2, 0.25) is 0 Å². The predicted octanol–water partition coefficient (Wildman–Crippen LogP) is 5.40. The molecule has 0 fully saturated rings. The monoisotopic (exact) mass is 306 g/mol. The van der Waals surface area contributed by atoms with Crippen molar-refractivity contribution in [2.75, 3.05) is 0 Å². The lowest BCUT2D eigenvalue weighted by Crippen LogP contribution is -2.58. The zero-order valence-electron chi connectivity index (χ0n) is 13.1. The number of pyridine rings is 1. The minimum Gasteiger partial charge on any atom is -0.188 e. The van der Waals surface area contributed by atoms with Gasteiger partial charge in [0.05, 0.1) is 0 Å². The molecule has 0 aliphatic carbocycles. The van der Waals surface area contributed by atoms with Crippen LogP contribution in [0.5, 0.6) is 0 Å². The van der Waals surface area contributed by atoms with Crippen LogP contribution in [0.4, 0.5) is 0 Å². The van der Waals surface area contributed by atoms with Crippen molar-refractivity contribution in [2.45, 2.75) is 32.2 Å². The van der Waals surface area contributed by atoms with Gasteiger partial charge in [0.1, 0.15) is 4.88 Å². The summed E-state index contributed by atoms with van der Waals surface area (Å²) in [5.41, 5.74) is 3.96. The molecule has 0 spiro atoms. The Kier molecular flexibility index (Phi) is 2.98. The molecular weight excluding hydrogens is 286 g/mol. The minimum atomic E-state index is -0.00651. The number of hydrogen-bond acceptors (Lipinski definition) is 1. The number of allylic oxidation sites excluding steroid dienone is 1. The number of rotatable bonds is 2. The van der Waals surface area contributed by atoms with E-state index in [0.29, 0.717) is 0 Å². The molecule has 3 aromatic rings. The Morgan fingerprint density at radius 1 is 1.05 bits per heavy atom. The molecule has 0 N–H and O–H groups in total. The van der Waals surface area contributed by atoms with Crippen LogP contribution in [-0.2, 0) is 5.54 Å². The van der Waals surface area contributed by atoms with Gasteiger partial charge in [0.25, 0.3) is 0 Å². The molecule has 1 aromatic carbocycles. The van der Waals surface area contributed by atoms with E-state index >= 15 is 0 Å². The summed E-state index contributed by atoms with van der Waals surface area (Å²) in [6.07, 6.45) is 4.35. The molecular formula is C20H20NS+. The molecule has 0 bridgehead atoms. The van der Waals surface area contributed by atoms with Gasteiger partial charge in [0.15, 0.2) is 11.7 Å². The summed E-state index contributed by atoms with van der Waals surface area (Å²) in [7, 11) is 0. The molecule has 1 aliphatic rings. The Hall–Kier alpha value is -1.93. The lowest BCUT2D eigenvalue weighted by atomic mass is 9.77. The van der Waals surface area contributed by atoms with Crippen molar-refractivity contribution >= 4 is 27.0 Å². The van der Waals surface area contributed by atoms with Crippen LogP contribution in [0.15, 0.2) is 55.2 Å². The highest BCUT2D eigenvalue weighted by Gasteiger charge is 2.47. The van der Waals surface area contributed by atoms with E-state index in [9.17, 15) is 0 Å². The Morgan fingerprint density at radius 3 is 2.55 bits per heavy atom. The molecule has 0 radical (unpaired) electrons. The van der Waals surface area contributed by atoms with Gasteiger partial charge < -0.3 is 0 Å². The van der Waals surface area contributed by atoms with Gasteiger partial charge in [-0.2, -0.15) is 4.57 Å². The van der Waals surface area contributed by atoms with E-state index in [0.717, 1.165) is 12.8 Å². The summed E-state index contributed by atoms with van der Waals surface area (Å²) in [6, 6.07) is 15.2. The van der Waals surface area contributed by atoms with Gasteiger partial charge in [0.2, 0.25) is 5.69 Å². The molecule has 2 heteroatoms. The maximum atomic E-state index is 4.56. The molecule has 4 rings (SSSR count). The average Bonchev–Trinajstić information content (AvgIpc) is 2.96. The van der Waals surface area contributed by atoms with E-state index in [1.807, 2.05) is 11.3 Å². The van der Waals surface area contributed by atoms with Crippen molar-refractivity contribution < 1.29 is 4.57 Å². The third-order valence-corrected chi connectivity index (χ3v) is 6.38. The van der Waals surface area contributed by atoms with Crippen molar-refractivity contribution in [3.05, 3.63) is 60.8 Å². The molecule has 0 amide bonds. The summed E-state index contributed by atoms with van der Waals surface area (Å²) in [5, 5.41) is 1.36. The quantitative estimate of drug-likeness (QED) is 0.558. The highest BCUT2D eigenvalue weighted by Crippen LogP contribution is 2.49. The number of aromatic nitrogens is 1. The van der Waals surface area contributed by atoms with Crippen molar-refractivity contribution in [1.29, 1.82) is 0 Å². The number of benzene rings is 1. The maximum Gasteiger partial charge on any atom is 0.223 e. The normalized spacial score (nSPS) is 15.6. The average molecular weight is 306 g/mol. The first kappa shape index (κ1) is 13.7. The molecule has 22 heavy (non-hydrogen) atoms. The Balaban J connectivity index is 2.16. The van der Waals surface area contributed by atoms with E-state index in [2.05, 4.69) is 73.7 Å². The van der Waals surface area contributed by atoms with Crippen LogP contribution in [-0.4, -0.2) is 0 Å². The lowest BCUT2D eigenvalue weighted by Gasteiger charge is -2.33. The van der Waals surface area contributed by atoms with Crippen molar-refractivity contribution in [1.82, 2.24) is 0 Å². The van der Waals surface area contributed by atoms with Gasteiger partial charge in [-0.05, 0) is 12.1 Å². The smallest absolute Gasteiger partial charge is 0.188 e. The molecule has 110 valence electrons. The van der Waals surface area contributed by atoms with Crippen LogP contribution in [0.25, 0.3) is 26.2 Å². The lowest BCUT2D eigenvalue weighted by molar-refractivity contribution is -0.741. The van der Waals surface area contributed by atoms with Crippen LogP contribution in [0, 0.1) is 0 Å². The first-order valence-corrected chi connectivity index (χ1v) is 8.77. The second kappa shape index (κ2) is 4.79. The summed E-state index contributed by atoms with van der Waals surface area (Å²) in [5.74, 6) is 0. The van der Waals surface area contributed by atoms with Gasteiger partial charge in [-0.1, -0.05) is 38.6 Å². The summed E-state index contributed by atoms with van der Waals surface area (Å²) < 4.78 is 3.81. The zero-order valence-corrected chi connectivity index (χ0v) is 13.9. The highest BCUT2D eigenvalue weighted by molar-refractivity contribution is 7.22. The van der Waals surface area contributed by atoms with Crippen LogP contribution in [0.3, 0.4) is 0 Å². The molecule has 2 aromatic heterocycles. The standard InChI is InChI=1S/C20H20NS/c1-4-20(5-2)14(3)18-15-10-6-7-12-17(15)22-19(18)16-11-8-9-13-21(16)20/h6-13H,3-5H2,1-2H3/q+1. The molecule has 3 heterocycles. The van der Waals surface area contributed by atoms with Crippen molar-refractivity contribution in [3.8, 4) is 10.6 Å². The van der Waals surface area contributed by atoms with E-state index in [4.69, 9.17) is 0 Å². The topological polar surface area (TPSA) is 3.88 Å². The molecule has 0 saturated carbocycles. The van der Waals surface area contributed by atoms with Gasteiger partial charge >= 0.3 is 0 Å². The molecule has 0 unspecified atom stereocenters. The summed E-state index contributed by atoms with van der Waals surface area (Å²) >= 11 is 1.89. The largest absolute Gasteiger partial charge is 0.223 e. The Morgan fingerprint density at radius 2 is 1.77 bits per heavy atom. The van der Waals surface area contributed by atoms with Gasteiger partial charge in [0, 0.05) is 46.2 Å². The fraction of sp³-hybridized carbons (Fsp3) is 0.250. The van der Waals surface area contributed by atoms with Gasteiger partial charge in [-0.25, -0.2) is 0 Å². The van der Waals surface area contributed by atoms with E-state index in [-0.39, 0.29) is 5.54 Å². The fourth-order valence-electron chi connectivity index (χ4n) is 3.92. The van der Waals surface area contributed by atoms with Crippen molar-refractivity contribution in [2.24, 2.45) is 0 Å². The number of nitrogens with zero attached hydrogens (tertiary/aromatic N) is 1. The fourth-order valence-corrected chi connectivity index (χ4v) is 5.18. The van der Waals surface area contributed by atoms with Gasteiger partial charge in [-0.3, -0.25) is 0 Å². The van der Waals surface area contributed by atoms with Crippen LogP contribution >= 0.6 is 11.3 Å². The summed E-state index contributed by atoms with van der Waals surface area (Å²) in [4.78, 5) is 1.37. The summed E-state index contributed by atoms with van der Waals surface area (Å²) in [6.45, 7) is 9.11. The number of thiophene rings is 1.